The van der Waals surface area contributed by atoms with Crippen molar-refractivity contribution < 1.29 is 14.3 Å². The second-order valence-corrected chi connectivity index (χ2v) is 10.2. The number of nitrogens with zero attached hydrogens (tertiary/aromatic N) is 2. The molecule has 4 rings (SSSR count). The van der Waals surface area contributed by atoms with Crippen LogP contribution in [0.2, 0.25) is 0 Å². The monoisotopic (exact) mass is 499 g/mol. The molecule has 1 N–H and O–H groups in total. The maximum Gasteiger partial charge on any atom is 0.251 e. The van der Waals surface area contributed by atoms with Gasteiger partial charge in [0.05, 0.1) is 24.8 Å². The third kappa shape index (κ3) is 6.91. The van der Waals surface area contributed by atoms with Gasteiger partial charge in [-0.3, -0.25) is 4.79 Å². The van der Waals surface area contributed by atoms with E-state index in [4.69, 9.17) is 14.5 Å². The topological polar surface area (TPSA) is 65.4 Å². The Balaban J connectivity index is 1.31. The minimum Gasteiger partial charge on any atom is -0.497 e. The summed E-state index contributed by atoms with van der Waals surface area (Å²) in [5, 5.41) is 3.01. The predicted molar refractivity (Wildman–Crippen MR) is 149 cm³/mol. The molecule has 0 aliphatic heterocycles. The summed E-state index contributed by atoms with van der Waals surface area (Å²) in [4.78, 5) is 17.4. The van der Waals surface area contributed by atoms with Crippen molar-refractivity contribution in [2.45, 2.75) is 52.0 Å². The molecule has 37 heavy (non-hydrogen) atoms. The van der Waals surface area contributed by atoms with Gasteiger partial charge in [0.2, 0.25) is 0 Å². The summed E-state index contributed by atoms with van der Waals surface area (Å²) in [6.45, 7) is 8.68. The molecule has 0 fully saturated rings. The Morgan fingerprint density at radius 2 is 1.73 bits per heavy atom. The summed E-state index contributed by atoms with van der Waals surface area (Å²) < 4.78 is 13.5. The molecular formula is C31H37N3O3. The Morgan fingerprint density at radius 3 is 2.49 bits per heavy atom. The number of imidazole rings is 1. The quantitative estimate of drug-likeness (QED) is 0.251. The van der Waals surface area contributed by atoms with Crippen molar-refractivity contribution in [1.82, 2.24) is 14.9 Å². The number of methoxy groups -OCH3 is 1. The first kappa shape index (κ1) is 26.3. The first-order chi connectivity index (χ1) is 17.8. The number of para-hydroxylation sites is 2. The maximum atomic E-state index is 12.6. The molecule has 0 unspecified atom stereocenters. The van der Waals surface area contributed by atoms with Crippen molar-refractivity contribution in [2.75, 3.05) is 20.3 Å². The number of nitrogens with one attached hydrogen (secondary N) is 1. The van der Waals surface area contributed by atoms with Crippen LogP contribution in [0, 0.1) is 0 Å². The second kappa shape index (κ2) is 12.0. The van der Waals surface area contributed by atoms with Crippen molar-refractivity contribution in [3.63, 3.8) is 0 Å². The van der Waals surface area contributed by atoms with E-state index in [2.05, 4.69) is 61.0 Å². The lowest BCUT2D eigenvalue weighted by atomic mass is 9.87. The molecule has 194 valence electrons. The number of hydrogen-bond acceptors (Lipinski definition) is 4. The zero-order chi connectivity index (χ0) is 26.3. The number of aromatic nitrogens is 2. The summed E-state index contributed by atoms with van der Waals surface area (Å²) in [6.07, 6.45) is 2.57. The Labute approximate surface area is 219 Å². The molecule has 0 radical (unpaired) electrons. The molecule has 0 saturated heterocycles. The van der Waals surface area contributed by atoms with Crippen LogP contribution in [-0.4, -0.2) is 35.7 Å². The number of benzene rings is 3. The molecule has 0 aliphatic carbocycles. The van der Waals surface area contributed by atoms with Crippen LogP contribution in [0.4, 0.5) is 0 Å². The van der Waals surface area contributed by atoms with E-state index in [0.717, 1.165) is 42.0 Å². The number of ether oxygens (including phenoxy) is 2. The largest absolute Gasteiger partial charge is 0.497 e. The SMILES string of the molecule is COc1cccc(C(=O)NCCc2nc3ccccc3n2CCCCOc2ccc(C(C)(C)C)cc2)c1. The third-order valence-corrected chi connectivity index (χ3v) is 6.46. The molecule has 0 atom stereocenters. The summed E-state index contributed by atoms with van der Waals surface area (Å²) in [5.41, 5.74) is 4.13. The zero-order valence-electron chi connectivity index (χ0n) is 22.3. The van der Waals surface area contributed by atoms with Crippen molar-refractivity contribution >= 4 is 16.9 Å². The lowest BCUT2D eigenvalue weighted by Gasteiger charge is -2.19. The van der Waals surface area contributed by atoms with Gasteiger partial charge in [0, 0.05) is 25.1 Å². The number of unbranched alkanes of at least 4 members (excludes halogenated alkanes) is 1. The first-order valence-electron chi connectivity index (χ1n) is 12.9. The van der Waals surface area contributed by atoms with Crippen LogP contribution in [0.25, 0.3) is 11.0 Å². The van der Waals surface area contributed by atoms with Crippen molar-refractivity contribution in [3.8, 4) is 11.5 Å². The summed E-state index contributed by atoms with van der Waals surface area (Å²) in [7, 11) is 1.60. The zero-order valence-corrected chi connectivity index (χ0v) is 22.3. The molecule has 3 aromatic carbocycles. The van der Waals surface area contributed by atoms with Crippen LogP contribution in [-0.2, 0) is 18.4 Å². The number of amides is 1. The molecule has 4 aromatic rings. The highest BCUT2D eigenvalue weighted by Gasteiger charge is 2.14. The standard InChI is InChI=1S/C31H37N3O3/c1-31(2,3)24-14-16-25(17-15-24)37-21-8-7-20-34-28-13-6-5-12-27(28)33-29(34)18-19-32-30(35)23-10-9-11-26(22-23)36-4/h5-6,9-17,22H,7-8,18-21H2,1-4H3,(H,32,35). The molecule has 1 heterocycles. The average molecular weight is 500 g/mol. The second-order valence-electron chi connectivity index (χ2n) is 10.2. The Kier molecular flexibility index (Phi) is 8.49. The fourth-order valence-corrected chi connectivity index (χ4v) is 4.33. The van der Waals surface area contributed by atoms with Crippen molar-refractivity contribution in [2.24, 2.45) is 0 Å². The number of carbonyl (C=O) groups excluding carboxylic acids is 1. The van der Waals surface area contributed by atoms with Crippen molar-refractivity contribution in [1.29, 1.82) is 0 Å². The molecular weight excluding hydrogens is 462 g/mol. The van der Waals surface area contributed by atoms with E-state index in [-0.39, 0.29) is 11.3 Å². The molecule has 6 nitrogen and oxygen atoms in total. The van der Waals surface area contributed by atoms with Crippen LogP contribution in [0.1, 0.15) is 55.4 Å². The smallest absolute Gasteiger partial charge is 0.251 e. The fourth-order valence-electron chi connectivity index (χ4n) is 4.33. The van der Waals surface area contributed by atoms with E-state index in [1.165, 1.54) is 5.56 Å². The number of hydrogen-bond donors (Lipinski definition) is 1. The highest BCUT2D eigenvalue weighted by molar-refractivity contribution is 5.94. The minimum atomic E-state index is -0.116. The van der Waals surface area contributed by atoms with Crippen LogP contribution in [0.5, 0.6) is 11.5 Å². The van der Waals surface area contributed by atoms with Gasteiger partial charge in [0.25, 0.3) is 5.91 Å². The van der Waals surface area contributed by atoms with E-state index >= 15 is 0 Å². The molecule has 0 bridgehead atoms. The number of aryl methyl sites for hydroxylation is 1. The van der Waals surface area contributed by atoms with Gasteiger partial charge < -0.3 is 19.4 Å². The van der Waals surface area contributed by atoms with Gasteiger partial charge in [-0.2, -0.15) is 0 Å². The van der Waals surface area contributed by atoms with E-state index in [0.29, 0.717) is 30.9 Å². The first-order valence-corrected chi connectivity index (χ1v) is 12.9. The molecule has 1 aromatic heterocycles. The molecule has 6 heteroatoms. The normalized spacial score (nSPS) is 11.5. The lowest BCUT2D eigenvalue weighted by molar-refractivity contribution is 0.0953. The highest BCUT2D eigenvalue weighted by Crippen LogP contribution is 2.24. The fraction of sp³-hybridized carbons (Fsp3) is 0.355. The van der Waals surface area contributed by atoms with E-state index in [1.807, 2.05) is 30.3 Å². The van der Waals surface area contributed by atoms with Gasteiger partial charge in [0.1, 0.15) is 17.3 Å². The van der Waals surface area contributed by atoms with Gasteiger partial charge in [-0.15, -0.1) is 0 Å². The summed E-state index contributed by atoms with van der Waals surface area (Å²) in [6, 6.07) is 23.8. The summed E-state index contributed by atoms with van der Waals surface area (Å²) in [5.74, 6) is 2.44. The van der Waals surface area contributed by atoms with Gasteiger partial charge in [-0.05, 0) is 66.3 Å². The van der Waals surface area contributed by atoms with Gasteiger partial charge >= 0.3 is 0 Å². The van der Waals surface area contributed by atoms with Crippen molar-refractivity contribution in [3.05, 3.63) is 89.7 Å². The van der Waals surface area contributed by atoms with Crippen LogP contribution in [0.3, 0.4) is 0 Å². The number of fused-ring (bicyclic) bond motifs is 1. The minimum absolute atomic E-state index is 0.116. The number of carbonyl (C=O) groups is 1. The molecule has 0 saturated carbocycles. The summed E-state index contributed by atoms with van der Waals surface area (Å²) >= 11 is 0. The Morgan fingerprint density at radius 1 is 0.946 bits per heavy atom. The van der Waals surface area contributed by atoms with E-state index in [9.17, 15) is 4.79 Å². The molecule has 0 spiro atoms. The Hall–Kier alpha value is -3.80. The van der Waals surface area contributed by atoms with Gasteiger partial charge in [0.15, 0.2) is 0 Å². The highest BCUT2D eigenvalue weighted by atomic mass is 16.5. The number of rotatable bonds is 11. The van der Waals surface area contributed by atoms with Gasteiger partial charge in [-0.25, -0.2) is 4.98 Å². The average Bonchev–Trinajstić information content (AvgIpc) is 3.25. The maximum absolute atomic E-state index is 12.6. The molecule has 1 amide bonds. The van der Waals surface area contributed by atoms with Crippen LogP contribution >= 0.6 is 0 Å². The van der Waals surface area contributed by atoms with E-state index in [1.54, 1.807) is 19.2 Å². The van der Waals surface area contributed by atoms with E-state index < -0.39 is 0 Å². The Bertz CT molecular complexity index is 1320. The third-order valence-electron chi connectivity index (χ3n) is 6.46. The van der Waals surface area contributed by atoms with Gasteiger partial charge in [-0.1, -0.05) is 51.1 Å². The van der Waals surface area contributed by atoms with Crippen LogP contribution in [0.15, 0.2) is 72.8 Å². The lowest BCUT2D eigenvalue weighted by Crippen LogP contribution is -2.26. The molecule has 0 aliphatic rings. The predicted octanol–water partition coefficient (Wildman–Crippen LogP) is 6.17. The van der Waals surface area contributed by atoms with Crippen LogP contribution < -0.4 is 14.8 Å².